The van der Waals surface area contributed by atoms with Crippen molar-refractivity contribution in [3.8, 4) is 0 Å². The van der Waals surface area contributed by atoms with Gasteiger partial charge in [-0.1, -0.05) is 6.07 Å². The summed E-state index contributed by atoms with van der Waals surface area (Å²) in [5.74, 6) is 0. The normalized spacial score (nSPS) is 11.6. The minimum Gasteiger partial charge on any atom is -0.365 e. The Hall–Kier alpha value is -0.750. The van der Waals surface area contributed by atoms with Gasteiger partial charge in [0.1, 0.15) is 6.54 Å². The predicted molar refractivity (Wildman–Crippen MR) is 61.4 cm³/mol. The smallest absolute Gasteiger partial charge is 0.365 e. The summed E-state index contributed by atoms with van der Waals surface area (Å²) < 4.78 is 37.2. The van der Waals surface area contributed by atoms with Crippen LogP contribution in [0.4, 0.5) is 18.9 Å². The number of rotatable bonds is 3. The van der Waals surface area contributed by atoms with E-state index < -0.39 is 12.7 Å². The minimum absolute atomic E-state index is 0.363. The monoisotopic (exact) mass is 296 g/mol. The lowest BCUT2D eigenvalue weighted by Gasteiger charge is -2.22. The summed E-state index contributed by atoms with van der Waals surface area (Å²) in [5, 5.41) is 0. The summed E-state index contributed by atoms with van der Waals surface area (Å²) in [4.78, 5) is 1.14. The predicted octanol–water partition coefficient (Wildman–Crippen LogP) is 2.91. The van der Waals surface area contributed by atoms with E-state index in [1.807, 2.05) is 0 Å². The number of halogens is 4. The zero-order valence-electron chi connectivity index (χ0n) is 8.68. The molecule has 0 aliphatic heterocycles. The molecule has 0 heterocycles. The van der Waals surface area contributed by atoms with Crippen LogP contribution in [0.2, 0.25) is 0 Å². The summed E-state index contributed by atoms with van der Waals surface area (Å²) in [5.41, 5.74) is 6.80. The molecule has 0 bridgehead atoms. The lowest BCUT2D eigenvalue weighted by molar-refractivity contribution is -0.119. The Bertz CT molecular complexity index is 366. The van der Waals surface area contributed by atoms with Crippen LogP contribution in [0.3, 0.4) is 0 Å². The van der Waals surface area contributed by atoms with Gasteiger partial charge in [-0.2, -0.15) is 13.2 Å². The Balaban J connectivity index is 2.88. The highest BCUT2D eigenvalue weighted by molar-refractivity contribution is 9.10. The zero-order chi connectivity index (χ0) is 12.3. The highest BCUT2D eigenvalue weighted by atomic mass is 79.9. The maximum Gasteiger partial charge on any atom is 0.405 e. The van der Waals surface area contributed by atoms with Crippen molar-refractivity contribution in [3.05, 3.63) is 28.2 Å². The number of nitrogens with two attached hydrogens (primary N) is 1. The first kappa shape index (κ1) is 13.3. The van der Waals surface area contributed by atoms with E-state index in [9.17, 15) is 13.2 Å². The fourth-order valence-corrected chi connectivity index (χ4v) is 2.07. The van der Waals surface area contributed by atoms with Gasteiger partial charge in [0.05, 0.1) is 5.69 Å². The van der Waals surface area contributed by atoms with Crippen LogP contribution in [0.5, 0.6) is 0 Å². The molecular weight excluding hydrogens is 285 g/mol. The van der Waals surface area contributed by atoms with Crippen molar-refractivity contribution in [2.24, 2.45) is 5.73 Å². The molecule has 0 fully saturated rings. The van der Waals surface area contributed by atoms with Gasteiger partial charge in [0.15, 0.2) is 0 Å². The summed E-state index contributed by atoms with van der Waals surface area (Å²) in [6.45, 7) is -0.616. The molecule has 0 radical (unpaired) electrons. The molecule has 0 aliphatic rings. The van der Waals surface area contributed by atoms with Crippen LogP contribution >= 0.6 is 15.9 Å². The lowest BCUT2D eigenvalue weighted by atomic mass is 10.2. The zero-order valence-corrected chi connectivity index (χ0v) is 10.3. The lowest BCUT2D eigenvalue weighted by Crippen LogP contribution is -2.31. The van der Waals surface area contributed by atoms with E-state index in [0.29, 0.717) is 16.7 Å². The van der Waals surface area contributed by atoms with E-state index in [-0.39, 0.29) is 0 Å². The second-order valence-corrected chi connectivity index (χ2v) is 4.32. The molecule has 1 rings (SSSR count). The van der Waals surface area contributed by atoms with Crippen LogP contribution in [0.1, 0.15) is 5.56 Å². The number of benzene rings is 1. The summed E-state index contributed by atoms with van der Waals surface area (Å²) in [7, 11) is 1.40. The molecule has 2 nitrogen and oxygen atoms in total. The second kappa shape index (κ2) is 5.05. The summed E-state index contributed by atoms with van der Waals surface area (Å²) in [6, 6.07) is 5.06. The Morgan fingerprint density at radius 2 is 2.00 bits per heavy atom. The SMILES string of the molecule is CN(CC(F)(F)F)c1ccc(CN)cc1Br. The molecule has 0 saturated carbocycles. The Morgan fingerprint density at radius 3 is 2.44 bits per heavy atom. The maximum atomic E-state index is 12.2. The summed E-state index contributed by atoms with van der Waals surface area (Å²) in [6.07, 6.45) is -4.21. The second-order valence-electron chi connectivity index (χ2n) is 3.46. The Kier molecular flexibility index (Phi) is 4.21. The van der Waals surface area contributed by atoms with Crippen molar-refractivity contribution in [2.75, 3.05) is 18.5 Å². The van der Waals surface area contributed by atoms with Crippen LogP contribution in [0.15, 0.2) is 22.7 Å². The standard InChI is InChI=1S/C10H12BrF3N2/c1-16(6-10(12,13)14)9-3-2-7(5-15)4-8(9)11/h2-4H,5-6,15H2,1H3. The average Bonchev–Trinajstić information content (AvgIpc) is 2.14. The van der Waals surface area contributed by atoms with Gasteiger partial charge >= 0.3 is 6.18 Å². The Labute approximate surface area is 100 Å². The van der Waals surface area contributed by atoms with Gasteiger partial charge in [-0.05, 0) is 33.6 Å². The number of hydrogen-bond acceptors (Lipinski definition) is 2. The van der Waals surface area contributed by atoms with Crippen LogP contribution in [-0.2, 0) is 6.54 Å². The summed E-state index contributed by atoms with van der Waals surface area (Å²) >= 11 is 3.23. The molecule has 0 aliphatic carbocycles. The van der Waals surface area contributed by atoms with Gasteiger partial charge in [-0.3, -0.25) is 0 Å². The van der Waals surface area contributed by atoms with Crippen molar-refractivity contribution < 1.29 is 13.2 Å². The third-order valence-electron chi connectivity index (χ3n) is 2.08. The fourth-order valence-electron chi connectivity index (χ4n) is 1.34. The van der Waals surface area contributed by atoms with Crippen molar-refractivity contribution in [2.45, 2.75) is 12.7 Å². The van der Waals surface area contributed by atoms with Gasteiger partial charge in [-0.15, -0.1) is 0 Å². The molecule has 1 aromatic carbocycles. The van der Waals surface area contributed by atoms with Crippen molar-refractivity contribution >= 4 is 21.6 Å². The van der Waals surface area contributed by atoms with Gasteiger partial charge < -0.3 is 10.6 Å². The molecule has 6 heteroatoms. The molecule has 0 spiro atoms. The minimum atomic E-state index is -4.21. The maximum absolute atomic E-state index is 12.2. The quantitative estimate of drug-likeness (QED) is 0.929. The van der Waals surface area contributed by atoms with Crippen LogP contribution < -0.4 is 10.6 Å². The highest BCUT2D eigenvalue weighted by Crippen LogP contribution is 2.28. The van der Waals surface area contributed by atoms with Crippen molar-refractivity contribution in [3.63, 3.8) is 0 Å². The molecule has 16 heavy (non-hydrogen) atoms. The number of alkyl halides is 3. The van der Waals surface area contributed by atoms with Crippen molar-refractivity contribution in [1.82, 2.24) is 0 Å². The highest BCUT2D eigenvalue weighted by Gasteiger charge is 2.29. The van der Waals surface area contributed by atoms with Crippen LogP contribution in [0, 0.1) is 0 Å². The van der Waals surface area contributed by atoms with E-state index in [1.165, 1.54) is 7.05 Å². The number of anilines is 1. The fraction of sp³-hybridized carbons (Fsp3) is 0.400. The van der Waals surface area contributed by atoms with Crippen molar-refractivity contribution in [1.29, 1.82) is 0 Å². The van der Waals surface area contributed by atoms with Crippen LogP contribution in [-0.4, -0.2) is 19.8 Å². The molecule has 0 unspecified atom stereocenters. The number of hydrogen-bond donors (Lipinski definition) is 1. The van der Waals surface area contributed by atoms with E-state index in [1.54, 1.807) is 18.2 Å². The largest absolute Gasteiger partial charge is 0.405 e. The first-order valence-electron chi connectivity index (χ1n) is 4.60. The third kappa shape index (κ3) is 3.68. The third-order valence-corrected chi connectivity index (χ3v) is 2.71. The molecule has 90 valence electrons. The molecule has 2 N–H and O–H groups in total. The van der Waals surface area contributed by atoms with Gasteiger partial charge in [-0.25, -0.2) is 0 Å². The molecular formula is C10H12BrF3N2. The Morgan fingerprint density at radius 1 is 1.38 bits per heavy atom. The van der Waals surface area contributed by atoms with Gasteiger partial charge in [0.25, 0.3) is 0 Å². The topological polar surface area (TPSA) is 29.3 Å². The molecule has 0 atom stereocenters. The van der Waals surface area contributed by atoms with E-state index in [0.717, 1.165) is 10.5 Å². The molecule has 1 aromatic rings. The molecule has 0 amide bonds. The van der Waals surface area contributed by atoms with Gasteiger partial charge in [0.2, 0.25) is 0 Å². The average molecular weight is 297 g/mol. The first-order valence-corrected chi connectivity index (χ1v) is 5.39. The van der Waals surface area contributed by atoms with Gasteiger partial charge in [0, 0.05) is 18.1 Å². The molecule has 0 aromatic heterocycles. The van der Waals surface area contributed by atoms with E-state index in [2.05, 4.69) is 15.9 Å². The number of nitrogens with zero attached hydrogens (tertiary/aromatic N) is 1. The van der Waals surface area contributed by atoms with Crippen LogP contribution in [0.25, 0.3) is 0 Å². The van der Waals surface area contributed by atoms with E-state index in [4.69, 9.17) is 5.73 Å². The van der Waals surface area contributed by atoms with E-state index >= 15 is 0 Å². The first-order chi connectivity index (χ1) is 7.33. The molecule has 0 saturated heterocycles.